The minimum atomic E-state index is -0.306. The summed E-state index contributed by atoms with van der Waals surface area (Å²) < 4.78 is 6.19. The first-order valence-corrected chi connectivity index (χ1v) is 6.45. The van der Waals surface area contributed by atoms with Crippen molar-refractivity contribution in [3.8, 4) is 11.5 Å². The maximum Gasteiger partial charge on any atom is 0.308 e. The number of aromatic hydroxyl groups is 1. The van der Waals surface area contributed by atoms with Crippen LogP contribution in [0.4, 0.5) is 0 Å². The lowest BCUT2D eigenvalue weighted by atomic mass is 10.1. The van der Waals surface area contributed by atoms with Gasteiger partial charge in [0.25, 0.3) is 0 Å². The molecule has 2 aromatic rings. The Morgan fingerprint density at radius 1 is 1.47 bits per heavy atom. The van der Waals surface area contributed by atoms with Crippen LogP contribution in [0.5, 0.6) is 11.5 Å². The Balaban J connectivity index is 2.20. The third-order valence-electron chi connectivity index (χ3n) is 2.93. The molecule has 1 aliphatic rings. The number of benzene rings is 1. The van der Waals surface area contributed by atoms with Gasteiger partial charge in [-0.3, -0.25) is 4.79 Å². The van der Waals surface area contributed by atoms with Crippen LogP contribution >= 0.6 is 11.3 Å². The molecule has 1 fully saturated rings. The van der Waals surface area contributed by atoms with Crippen molar-refractivity contribution in [1.29, 1.82) is 0 Å². The summed E-state index contributed by atoms with van der Waals surface area (Å²) in [5.41, 5.74) is 1.11. The smallest absolute Gasteiger partial charge is 0.308 e. The summed E-state index contributed by atoms with van der Waals surface area (Å²) in [5.74, 6) is 1.11. The van der Waals surface area contributed by atoms with E-state index in [0.717, 1.165) is 28.5 Å². The summed E-state index contributed by atoms with van der Waals surface area (Å²) in [6.45, 7) is 1.40. The van der Waals surface area contributed by atoms with Crippen LogP contribution in [0.25, 0.3) is 10.1 Å². The van der Waals surface area contributed by atoms with Gasteiger partial charge in [-0.1, -0.05) is 0 Å². The number of carbonyl (C=O) groups is 1. The molecule has 0 bridgehead atoms. The van der Waals surface area contributed by atoms with E-state index < -0.39 is 0 Å². The van der Waals surface area contributed by atoms with Crippen molar-refractivity contribution in [1.82, 2.24) is 0 Å². The lowest BCUT2D eigenvalue weighted by Gasteiger charge is -2.05. The molecule has 1 aliphatic carbocycles. The van der Waals surface area contributed by atoms with Crippen molar-refractivity contribution in [2.45, 2.75) is 25.7 Å². The van der Waals surface area contributed by atoms with Crippen LogP contribution in [0.3, 0.4) is 0 Å². The molecule has 1 aromatic carbocycles. The Morgan fingerprint density at radius 3 is 2.88 bits per heavy atom. The van der Waals surface area contributed by atoms with Gasteiger partial charge in [-0.2, -0.15) is 0 Å². The molecule has 0 spiro atoms. The third-order valence-corrected chi connectivity index (χ3v) is 3.84. The molecule has 0 aliphatic heterocycles. The first-order valence-electron chi connectivity index (χ1n) is 5.57. The van der Waals surface area contributed by atoms with E-state index in [0.29, 0.717) is 11.7 Å². The highest BCUT2D eigenvalue weighted by Crippen LogP contribution is 2.48. The van der Waals surface area contributed by atoms with Crippen molar-refractivity contribution >= 4 is 27.4 Å². The minimum absolute atomic E-state index is 0.288. The number of hydrogen-bond acceptors (Lipinski definition) is 4. The van der Waals surface area contributed by atoms with E-state index in [2.05, 4.69) is 0 Å². The number of esters is 1. The van der Waals surface area contributed by atoms with Crippen LogP contribution in [-0.4, -0.2) is 11.1 Å². The van der Waals surface area contributed by atoms with Gasteiger partial charge in [-0.05, 0) is 36.5 Å². The van der Waals surface area contributed by atoms with Crippen molar-refractivity contribution in [2.75, 3.05) is 0 Å². The van der Waals surface area contributed by atoms with E-state index in [1.807, 2.05) is 5.38 Å². The average molecular weight is 248 g/mol. The highest BCUT2D eigenvalue weighted by atomic mass is 32.1. The maximum absolute atomic E-state index is 11.1. The van der Waals surface area contributed by atoms with Gasteiger partial charge in [0.15, 0.2) is 0 Å². The molecule has 17 heavy (non-hydrogen) atoms. The molecule has 0 unspecified atom stereocenters. The quantitative estimate of drug-likeness (QED) is 0.828. The molecule has 0 amide bonds. The number of ether oxygens (including phenoxy) is 1. The number of thiophene rings is 1. The Labute approximate surface area is 103 Å². The van der Waals surface area contributed by atoms with Crippen LogP contribution in [-0.2, 0) is 4.79 Å². The highest BCUT2D eigenvalue weighted by Gasteiger charge is 2.28. The minimum Gasteiger partial charge on any atom is -0.508 e. The fraction of sp³-hybridized carbons (Fsp3) is 0.308. The van der Waals surface area contributed by atoms with E-state index in [-0.39, 0.29) is 11.7 Å². The summed E-state index contributed by atoms with van der Waals surface area (Å²) in [4.78, 5) is 11.1. The number of rotatable bonds is 2. The molecule has 88 valence electrons. The molecule has 4 heteroatoms. The van der Waals surface area contributed by atoms with E-state index in [4.69, 9.17) is 4.74 Å². The second-order valence-corrected chi connectivity index (χ2v) is 5.29. The van der Waals surface area contributed by atoms with Crippen LogP contribution in [0.2, 0.25) is 0 Å². The molecule has 0 radical (unpaired) electrons. The van der Waals surface area contributed by atoms with Crippen LogP contribution in [0.15, 0.2) is 17.5 Å². The van der Waals surface area contributed by atoms with E-state index in [9.17, 15) is 9.90 Å². The van der Waals surface area contributed by atoms with Gasteiger partial charge in [0.1, 0.15) is 11.5 Å². The van der Waals surface area contributed by atoms with Gasteiger partial charge in [-0.15, -0.1) is 11.3 Å². The number of phenols is 1. The SMILES string of the molecule is CC(=O)Oc1csc2cc(O)cc(C3CC3)c12. The lowest BCUT2D eigenvalue weighted by molar-refractivity contribution is -0.131. The molecule has 1 aromatic heterocycles. The zero-order chi connectivity index (χ0) is 12.0. The number of hydrogen-bond donors (Lipinski definition) is 1. The van der Waals surface area contributed by atoms with Gasteiger partial charge < -0.3 is 9.84 Å². The largest absolute Gasteiger partial charge is 0.508 e. The Hall–Kier alpha value is -1.55. The zero-order valence-electron chi connectivity index (χ0n) is 9.40. The third kappa shape index (κ3) is 1.89. The van der Waals surface area contributed by atoms with Crippen LogP contribution in [0.1, 0.15) is 31.2 Å². The summed E-state index contributed by atoms with van der Waals surface area (Å²) in [5, 5.41) is 12.5. The van der Waals surface area contributed by atoms with E-state index in [1.54, 1.807) is 12.1 Å². The standard InChI is InChI=1S/C13H12O3S/c1-7(14)16-11-6-17-12-5-9(15)4-10(13(11)12)8-2-3-8/h4-6,8,15H,2-3H2,1H3. The Bertz CT molecular complexity index is 596. The van der Waals surface area contributed by atoms with Gasteiger partial charge in [0.05, 0.1) is 0 Å². The summed E-state index contributed by atoms with van der Waals surface area (Å²) in [7, 11) is 0. The summed E-state index contributed by atoms with van der Waals surface area (Å²) in [6.07, 6.45) is 2.29. The molecule has 0 saturated heterocycles. The fourth-order valence-electron chi connectivity index (χ4n) is 2.10. The van der Waals surface area contributed by atoms with Crippen molar-refractivity contribution in [2.24, 2.45) is 0 Å². The molecule has 1 saturated carbocycles. The first kappa shape index (κ1) is 10.6. The van der Waals surface area contributed by atoms with Crippen molar-refractivity contribution in [3.05, 3.63) is 23.1 Å². The van der Waals surface area contributed by atoms with Crippen molar-refractivity contribution in [3.63, 3.8) is 0 Å². The normalized spacial score (nSPS) is 15.1. The fourth-order valence-corrected chi connectivity index (χ4v) is 3.03. The highest BCUT2D eigenvalue weighted by molar-refractivity contribution is 7.17. The second kappa shape index (κ2) is 3.74. The molecule has 3 rings (SSSR count). The molecule has 1 N–H and O–H groups in total. The average Bonchev–Trinajstić information content (AvgIpc) is 3.01. The van der Waals surface area contributed by atoms with Crippen molar-refractivity contribution < 1.29 is 14.6 Å². The van der Waals surface area contributed by atoms with Gasteiger partial charge in [0.2, 0.25) is 0 Å². The molecule has 3 nitrogen and oxygen atoms in total. The van der Waals surface area contributed by atoms with Gasteiger partial charge in [-0.25, -0.2) is 0 Å². The number of fused-ring (bicyclic) bond motifs is 1. The zero-order valence-corrected chi connectivity index (χ0v) is 10.2. The Kier molecular flexibility index (Phi) is 2.33. The predicted molar refractivity (Wildman–Crippen MR) is 66.8 cm³/mol. The van der Waals surface area contributed by atoms with Crippen LogP contribution < -0.4 is 4.74 Å². The van der Waals surface area contributed by atoms with E-state index in [1.165, 1.54) is 18.3 Å². The summed E-state index contributed by atoms with van der Waals surface area (Å²) in [6, 6.07) is 3.51. The maximum atomic E-state index is 11.1. The number of phenolic OH excluding ortho intramolecular Hbond substituents is 1. The lowest BCUT2D eigenvalue weighted by Crippen LogP contribution is -2.00. The molecule has 1 heterocycles. The van der Waals surface area contributed by atoms with Gasteiger partial charge in [0, 0.05) is 22.4 Å². The monoisotopic (exact) mass is 248 g/mol. The summed E-state index contributed by atoms with van der Waals surface area (Å²) >= 11 is 1.49. The van der Waals surface area contributed by atoms with Crippen LogP contribution in [0, 0.1) is 0 Å². The molecular weight excluding hydrogens is 236 g/mol. The van der Waals surface area contributed by atoms with Gasteiger partial charge >= 0.3 is 5.97 Å². The molecular formula is C13H12O3S. The van der Waals surface area contributed by atoms with E-state index >= 15 is 0 Å². The first-order chi connectivity index (χ1) is 8.15. The predicted octanol–water partition coefficient (Wildman–Crippen LogP) is 3.41. The Morgan fingerprint density at radius 2 is 2.24 bits per heavy atom. The molecule has 0 atom stereocenters. The topological polar surface area (TPSA) is 46.5 Å². The number of carbonyl (C=O) groups excluding carboxylic acids is 1. The second-order valence-electron chi connectivity index (χ2n) is 4.38.